The number of fused-ring (bicyclic) bond motifs is 1. The average Bonchev–Trinajstić information content (AvgIpc) is 2.71. The first-order valence-electron chi connectivity index (χ1n) is 10.1. The Morgan fingerprint density at radius 2 is 2.00 bits per heavy atom. The molecule has 1 aliphatic rings. The minimum atomic E-state index is -0.0978. The highest BCUT2D eigenvalue weighted by Crippen LogP contribution is 2.18. The highest BCUT2D eigenvalue weighted by atomic mass is 16.5. The van der Waals surface area contributed by atoms with Gasteiger partial charge in [-0.1, -0.05) is 36.4 Å². The van der Waals surface area contributed by atoms with Crippen LogP contribution in [0.3, 0.4) is 0 Å². The monoisotopic (exact) mass is 381 g/mol. The zero-order valence-electron chi connectivity index (χ0n) is 16.9. The predicted octanol–water partition coefficient (Wildman–Crippen LogP) is 3.37. The van der Waals surface area contributed by atoms with Crippen molar-refractivity contribution in [2.75, 3.05) is 26.7 Å². The maximum Gasteiger partial charge on any atom is 0.315 e. The highest BCUT2D eigenvalue weighted by molar-refractivity contribution is 5.74. The highest BCUT2D eigenvalue weighted by Gasteiger charge is 2.15. The fraction of sp³-hybridized carbons (Fsp3) is 0.435. The fourth-order valence-corrected chi connectivity index (χ4v) is 3.73. The average molecular weight is 382 g/mol. The largest absolute Gasteiger partial charge is 0.497 e. The Morgan fingerprint density at radius 3 is 2.82 bits per heavy atom. The second-order valence-electron chi connectivity index (χ2n) is 7.51. The number of nitrogens with zero attached hydrogens (tertiary/aromatic N) is 1. The summed E-state index contributed by atoms with van der Waals surface area (Å²) >= 11 is 0. The number of urea groups is 1. The first-order valence-corrected chi connectivity index (χ1v) is 10.1. The summed E-state index contributed by atoms with van der Waals surface area (Å²) in [6.07, 6.45) is 2.85. The van der Waals surface area contributed by atoms with Crippen LogP contribution in [0.25, 0.3) is 0 Å². The van der Waals surface area contributed by atoms with Crippen molar-refractivity contribution in [1.82, 2.24) is 15.5 Å². The van der Waals surface area contributed by atoms with E-state index in [4.69, 9.17) is 4.74 Å². The molecule has 0 radical (unpaired) electrons. The number of amides is 2. The molecule has 1 heterocycles. The third kappa shape index (κ3) is 5.99. The van der Waals surface area contributed by atoms with Gasteiger partial charge in [0.05, 0.1) is 7.11 Å². The third-order valence-electron chi connectivity index (χ3n) is 5.20. The summed E-state index contributed by atoms with van der Waals surface area (Å²) in [5.41, 5.74) is 4.06. The van der Waals surface area contributed by atoms with Crippen LogP contribution >= 0.6 is 0 Å². The van der Waals surface area contributed by atoms with Crippen LogP contribution in [0.5, 0.6) is 5.75 Å². The molecule has 0 aromatic heterocycles. The van der Waals surface area contributed by atoms with Crippen molar-refractivity contribution in [3.05, 3.63) is 65.2 Å². The van der Waals surface area contributed by atoms with Gasteiger partial charge in [0.15, 0.2) is 0 Å². The molecule has 28 heavy (non-hydrogen) atoms. The molecule has 0 fully saturated rings. The van der Waals surface area contributed by atoms with Crippen molar-refractivity contribution in [3.63, 3.8) is 0 Å². The number of rotatable bonds is 8. The standard InChI is InChI=1S/C23H31N3O2/c1-18(15-19-7-5-10-22(16-19)28-2)25-23(27)24-12-6-13-26-14-11-20-8-3-4-9-21(20)17-26/h3-5,7-10,16,18H,6,11-15,17H2,1-2H3,(H2,24,25,27). The lowest BCUT2D eigenvalue weighted by Crippen LogP contribution is -2.42. The summed E-state index contributed by atoms with van der Waals surface area (Å²) in [4.78, 5) is 14.6. The number of carbonyl (C=O) groups excluding carboxylic acids is 1. The second-order valence-corrected chi connectivity index (χ2v) is 7.51. The molecule has 150 valence electrons. The molecule has 3 rings (SSSR count). The number of nitrogens with one attached hydrogen (secondary N) is 2. The molecule has 0 aliphatic carbocycles. The molecule has 0 saturated carbocycles. The molecule has 2 N–H and O–H groups in total. The Morgan fingerprint density at radius 1 is 1.18 bits per heavy atom. The van der Waals surface area contributed by atoms with E-state index in [1.165, 1.54) is 11.1 Å². The van der Waals surface area contributed by atoms with Gasteiger partial charge in [-0.25, -0.2) is 4.79 Å². The van der Waals surface area contributed by atoms with Gasteiger partial charge in [-0.3, -0.25) is 4.90 Å². The van der Waals surface area contributed by atoms with Crippen molar-refractivity contribution < 1.29 is 9.53 Å². The molecule has 5 nitrogen and oxygen atoms in total. The zero-order valence-corrected chi connectivity index (χ0v) is 16.9. The summed E-state index contributed by atoms with van der Waals surface area (Å²) in [7, 11) is 1.66. The van der Waals surface area contributed by atoms with Crippen LogP contribution in [-0.4, -0.2) is 43.7 Å². The molecule has 1 atom stereocenters. The molecule has 5 heteroatoms. The van der Waals surface area contributed by atoms with E-state index in [0.717, 1.165) is 50.2 Å². The summed E-state index contributed by atoms with van der Waals surface area (Å²) in [5, 5.41) is 5.99. The van der Waals surface area contributed by atoms with E-state index < -0.39 is 0 Å². The van der Waals surface area contributed by atoms with Crippen LogP contribution in [0.15, 0.2) is 48.5 Å². The van der Waals surface area contributed by atoms with Crippen LogP contribution < -0.4 is 15.4 Å². The smallest absolute Gasteiger partial charge is 0.315 e. The lowest BCUT2D eigenvalue weighted by molar-refractivity contribution is 0.232. The van der Waals surface area contributed by atoms with Crippen molar-refractivity contribution in [2.45, 2.75) is 38.8 Å². The molecule has 1 unspecified atom stereocenters. The van der Waals surface area contributed by atoms with Gasteiger partial charge in [-0.2, -0.15) is 0 Å². The number of methoxy groups -OCH3 is 1. The summed E-state index contributed by atoms with van der Waals surface area (Å²) in [5.74, 6) is 0.842. The minimum Gasteiger partial charge on any atom is -0.497 e. The zero-order chi connectivity index (χ0) is 19.8. The molecular formula is C23H31N3O2. The second kappa shape index (κ2) is 10.1. The summed E-state index contributed by atoms with van der Waals surface area (Å²) in [6, 6.07) is 16.6. The molecule has 0 bridgehead atoms. The Bertz CT molecular complexity index is 778. The lowest BCUT2D eigenvalue weighted by atomic mass is 10.00. The van der Waals surface area contributed by atoms with E-state index >= 15 is 0 Å². The van der Waals surface area contributed by atoms with Crippen molar-refractivity contribution in [1.29, 1.82) is 0 Å². The fourth-order valence-electron chi connectivity index (χ4n) is 3.73. The molecule has 2 aromatic carbocycles. The maximum absolute atomic E-state index is 12.1. The van der Waals surface area contributed by atoms with E-state index in [1.807, 2.05) is 25.1 Å². The minimum absolute atomic E-state index is 0.0608. The van der Waals surface area contributed by atoms with Crippen LogP contribution in [0.1, 0.15) is 30.0 Å². The first-order chi connectivity index (χ1) is 13.6. The van der Waals surface area contributed by atoms with Gasteiger partial charge in [-0.15, -0.1) is 0 Å². The Labute approximate surface area is 168 Å². The van der Waals surface area contributed by atoms with E-state index in [1.54, 1.807) is 7.11 Å². The van der Waals surface area contributed by atoms with Gasteiger partial charge < -0.3 is 15.4 Å². The Kier molecular flexibility index (Phi) is 7.31. The summed E-state index contributed by atoms with van der Waals surface area (Å²) in [6.45, 7) is 5.83. The summed E-state index contributed by atoms with van der Waals surface area (Å²) < 4.78 is 5.25. The van der Waals surface area contributed by atoms with E-state index in [0.29, 0.717) is 6.54 Å². The van der Waals surface area contributed by atoms with Crippen LogP contribution in [0.4, 0.5) is 4.79 Å². The molecular weight excluding hydrogens is 350 g/mol. The van der Waals surface area contributed by atoms with Crippen LogP contribution in [0.2, 0.25) is 0 Å². The van der Waals surface area contributed by atoms with Gasteiger partial charge in [0.25, 0.3) is 0 Å². The quantitative estimate of drug-likeness (QED) is 0.690. The predicted molar refractivity (Wildman–Crippen MR) is 113 cm³/mol. The van der Waals surface area contributed by atoms with E-state index in [9.17, 15) is 4.79 Å². The number of ether oxygens (including phenoxy) is 1. The topological polar surface area (TPSA) is 53.6 Å². The van der Waals surface area contributed by atoms with Gasteiger partial charge in [0, 0.05) is 32.2 Å². The molecule has 0 spiro atoms. The third-order valence-corrected chi connectivity index (χ3v) is 5.20. The van der Waals surface area contributed by atoms with Gasteiger partial charge in [0.1, 0.15) is 5.75 Å². The molecule has 0 saturated heterocycles. The molecule has 1 aliphatic heterocycles. The number of hydrogen-bond donors (Lipinski definition) is 2. The lowest BCUT2D eigenvalue weighted by Gasteiger charge is -2.28. The number of carbonyl (C=O) groups is 1. The van der Waals surface area contributed by atoms with Gasteiger partial charge >= 0.3 is 6.03 Å². The first kappa shape index (κ1) is 20.2. The van der Waals surface area contributed by atoms with E-state index in [-0.39, 0.29) is 12.1 Å². The number of hydrogen-bond acceptors (Lipinski definition) is 3. The van der Waals surface area contributed by atoms with Gasteiger partial charge in [0.2, 0.25) is 0 Å². The van der Waals surface area contributed by atoms with Crippen LogP contribution in [0, 0.1) is 0 Å². The van der Waals surface area contributed by atoms with Crippen molar-refractivity contribution in [3.8, 4) is 5.75 Å². The molecule has 2 amide bonds. The molecule has 2 aromatic rings. The van der Waals surface area contributed by atoms with E-state index in [2.05, 4.69) is 45.9 Å². The SMILES string of the molecule is COc1cccc(CC(C)NC(=O)NCCCN2CCc3ccccc3C2)c1. The Hall–Kier alpha value is -2.53. The normalized spacial score (nSPS) is 14.8. The van der Waals surface area contributed by atoms with Crippen LogP contribution in [-0.2, 0) is 19.4 Å². The maximum atomic E-state index is 12.1. The van der Waals surface area contributed by atoms with Crippen molar-refractivity contribution in [2.24, 2.45) is 0 Å². The Balaban J connectivity index is 1.32. The van der Waals surface area contributed by atoms with Gasteiger partial charge in [-0.05, 0) is 55.0 Å². The van der Waals surface area contributed by atoms with Crippen molar-refractivity contribution >= 4 is 6.03 Å². The number of benzene rings is 2.